The molecule has 9 nitrogen and oxygen atoms in total. The van der Waals surface area contributed by atoms with Crippen LogP contribution in [0.25, 0.3) is 5.52 Å². The number of anilines is 1. The van der Waals surface area contributed by atoms with Gasteiger partial charge in [-0.3, -0.25) is 4.79 Å². The third-order valence-corrected chi connectivity index (χ3v) is 7.68. The number of hydrogen-bond acceptors (Lipinski definition) is 6. The van der Waals surface area contributed by atoms with Crippen molar-refractivity contribution in [1.82, 2.24) is 35.1 Å². The maximum atomic E-state index is 16.0. The van der Waals surface area contributed by atoms with Gasteiger partial charge in [0.15, 0.2) is 11.6 Å². The van der Waals surface area contributed by atoms with E-state index in [0.717, 1.165) is 37.8 Å². The van der Waals surface area contributed by atoms with Gasteiger partial charge in [-0.25, -0.2) is 17.7 Å². The molecule has 2 fully saturated rings. The molecule has 1 N–H and O–H groups in total. The fourth-order valence-electron chi connectivity index (χ4n) is 5.79. The smallest absolute Gasteiger partial charge is 0.255 e. The molecule has 1 aromatic carbocycles. The second-order valence-electron chi connectivity index (χ2n) is 10.0. The van der Waals surface area contributed by atoms with Crippen LogP contribution in [-0.2, 0) is 7.05 Å². The van der Waals surface area contributed by atoms with Gasteiger partial charge in [0.2, 0.25) is 0 Å². The van der Waals surface area contributed by atoms with Gasteiger partial charge in [0.05, 0.1) is 30.5 Å². The number of nitrogens with zero attached hydrogens (tertiary/aromatic N) is 7. The van der Waals surface area contributed by atoms with Gasteiger partial charge in [-0.1, -0.05) is 0 Å². The molecule has 6 rings (SSSR count). The molecule has 0 radical (unpaired) electrons. The molecule has 1 saturated heterocycles. The number of carbonyl (C=O) groups excluding carboxylic acids is 1. The number of nitrogens with one attached hydrogen (secondary N) is 1. The summed E-state index contributed by atoms with van der Waals surface area (Å²) >= 11 is 0. The highest BCUT2D eigenvalue weighted by Gasteiger charge is 2.32. The van der Waals surface area contributed by atoms with Crippen LogP contribution in [-0.4, -0.2) is 48.3 Å². The third kappa shape index (κ3) is 4.37. The normalized spacial score (nSPS) is 21.8. The quantitative estimate of drug-likeness (QED) is 0.423. The molecule has 1 amide bonds. The lowest BCUT2D eigenvalue weighted by molar-refractivity contribution is 0.0927. The molecular weight excluding hydrogens is 497 g/mol. The van der Waals surface area contributed by atoms with Crippen LogP contribution in [0, 0.1) is 17.5 Å². The summed E-state index contributed by atoms with van der Waals surface area (Å²) in [7, 11) is 1.73. The maximum absolute atomic E-state index is 16.0. The number of halogens is 3. The lowest BCUT2D eigenvalue weighted by Gasteiger charge is -2.28. The van der Waals surface area contributed by atoms with Gasteiger partial charge >= 0.3 is 0 Å². The van der Waals surface area contributed by atoms with Crippen LogP contribution in [0.1, 0.15) is 72.2 Å². The zero-order valence-corrected chi connectivity index (χ0v) is 20.8. The van der Waals surface area contributed by atoms with Gasteiger partial charge < -0.3 is 10.2 Å². The highest BCUT2D eigenvalue weighted by Crippen LogP contribution is 2.39. The Kier molecular flexibility index (Phi) is 6.24. The molecule has 2 aliphatic rings. The minimum absolute atomic E-state index is 0.0582. The first kappa shape index (κ1) is 24.4. The molecule has 38 heavy (non-hydrogen) atoms. The minimum Gasteiger partial charge on any atom is -0.362 e. The number of hydrogen-bond donors (Lipinski definition) is 1. The lowest BCUT2D eigenvalue weighted by Crippen LogP contribution is -2.37. The summed E-state index contributed by atoms with van der Waals surface area (Å²) in [5.74, 6) is -1.17. The molecule has 198 valence electrons. The summed E-state index contributed by atoms with van der Waals surface area (Å²) in [5, 5.41) is 19.5. The first-order valence-electron chi connectivity index (χ1n) is 12.8. The predicted octanol–water partition coefficient (Wildman–Crippen LogP) is 4.07. The number of amides is 1. The number of fused-ring (bicyclic) bond motifs is 1. The Labute approximate surface area is 216 Å². The van der Waals surface area contributed by atoms with Gasteiger partial charge in [0.1, 0.15) is 17.2 Å². The van der Waals surface area contributed by atoms with Crippen molar-refractivity contribution in [2.45, 2.75) is 56.5 Å². The van der Waals surface area contributed by atoms with Crippen molar-refractivity contribution in [2.24, 2.45) is 7.05 Å². The molecule has 1 saturated carbocycles. The van der Waals surface area contributed by atoms with E-state index in [1.165, 1.54) is 21.6 Å². The summed E-state index contributed by atoms with van der Waals surface area (Å²) in [5.41, 5.74) is 0.619. The highest BCUT2D eigenvalue weighted by atomic mass is 19.1. The van der Waals surface area contributed by atoms with E-state index < -0.39 is 29.4 Å². The largest absolute Gasteiger partial charge is 0.362 e. The molecule has 0 spiro atoms. The minimum atomic E-state index is -0.615. The Balaban J connectivity index is 1.22. The van der Waals surface area contributed by atoms with Crippen LogP contribution in [0.5, 0.6) is 0 Å². The van der Waals surface area contributed by atoms with E-state index in [1.54, 1.807) is 24.2 Å². The van der Waals surface area contributed by atoms with E-state index in [2.05, 4.69) is 25.8 Å². The average molecular weight is 525 g/mol. The molecule has 1 aliphatic carbocycles. The number of pyridine rings is 1. The summed E-state index contributed by atoms with van der Waals surface area (Å²) in [6, 6.07) is 4.33. The Morgan fingerprint density at radius 3 is 2.66 bits per heavy atom. The molecule has 3 aromatic heterocycles. The van der Waals surface area contributed by atoms with Crippen molar-refractivity contribution >= 4 is 17.1 Å². The monoisotopic (exact) mass is 524 g/mol. The maximum Gasteiger partial charge on any atom is 0.255 e. The average Bonchev–Trinajstić information content (AvgIpc) is 3.66. The zero-order valence-electron chi connectivity index (χ0n) is 20.8. The van der Waals surface area contributed by atoms with Crippen molar-refractivity contribution in [3.8, 4) is 0 Å². The number of aryl methyl sites for hydroxylation is 1. The van der Waals surface area contributed by atoms with Crippen molar-refractivity contribution in [1.29, 1.82) is 0 Å². The van der Waals surface area contributed by atoms with Crippen LogP contribution >= 0.6 is 0 Å². The van der Waals surface area contributed by atoms with Crippen LogP contribution in [0.3, 0.4) is 0 Å². The predicted molar refractivity (Wildman–Crippen MR) is 132 cm³/mol. The van der Waals surface area contributed by atoms with Gasteiger partial charge in [-0.2, -0.15) is 9.90 Å². The fraction of sp³-hybridized carbons (Fsp3) is 0.423. The lowest BCUT2D eigenvalue weighted by atomic mass is 9.85. The fourth-order valence-corrected chi connectivity index (χ4v) is 5.79. The molecule has 1 atom stereocenters. The molecule has 12 heteroatoms. The number of carbonyl (C=O) groups is 1. The summed E-state index contributed by atoms with van der Waals surface area (Å²) in [6.07, 6.45) is 7.33. The van der Waals surface area contributed by atoms with Crippen molar-refractivity contribution in [3.05, 3.63) is 71.1 Å². The van der Waals surface area contributed by atoms with Crippen LogP contribution in [0.2, 0.25) is 0 Å². The topological polar surface area (TPSA) is 93.2 Å². The van der Waals surface area contributed by atoms with E-state index in [9.17, 15) is 13.6 Å². The molecule has 0 bridgehead atoms. The van der Waals surface area contributed by atoms with E-state index in [4.69, 9.17) is 0 Å². The molecule has 1 unspecified atom stereocenters. The second kappa shape index (κ2) is 9.73. The Morgan fingerprint density at radius 1 is 1.08 bits per heavy atom. The third-order valence-electron chi connectivity index (χ3n) is 7.68. The van der Waals surface area contributed by atoms with E-state index in [-0.39, 0.29) is 34.3 Å². The van der Waals surface area contributed by atoms with Crippen LogP contribution in [0.4, 0.5) is 18.9 Å². The zero-order chi connectivity index (χ0) is 26.4. The first-order chi connectivity index (χ1) is 18.4. The molecule has 1 aliphatic heterocycles. The van der Waals surface area contributed by atoms with Crippen molar-refractivity contribution in [3.63, 3.8) is 0 Å². The van der Waals surface area contributed by atoms with Crippen LogP contribution in [0.15, 0.2) is 36.7 Å². The molecular formula is C26H27F3N8O. The molecule has 4 aromatic rings. The van der Waals surface area contributed by atoms with Crippen molar-refractivity contribution in [2.75, 3.05) is 11.4 Å². The summed E-state index contributed by atoms with van der Waals surface area (Å²) in [4.78, 5) is 16.4. The highest BCUT2D eigenvalue weighted by molar-refractivity contribution is 6.01. The van der Waals surface area contributed by atoms with Gasteiger partial charge in [-0.15, -0.1) is 10.2 Å². The Bertz CT molecular complexity index is 1490. The SMILES string of the molecule is Cn1nnc(C2CCC(NC(=O)c3cnn4ccc(N5CCCC5c5cc(F)ccc5F)c(F)c34)CC2)n1. The number of benzene rings is 1. The summed E-state index contributed by atoms with van der Waals surface area (Å²) < 4.78 is 45.8. The van der Waals surface area contributed by atoms with Gasteiger partial charge in [-0.05, 0) is 68.0 Å². The second-order valence-corrected chi connectivity index (χ2v) is 10.0. The summed E-state index contributed by atoms with van der Waals surface area (Å²) in [6.45, 7) is 0.479. The van der Waals surface area contributed by atoms with Crippen molar-refractivity contribution < 1.29 is 18.0 Å². The number of tetrazole rings is 1. The Hall–Kier alpha value is -3.96. The number of aromatic nitrogens is 6. The van der Waals surface area contributed by atoms with E-state index >= 15 is 4.39 Å². The first-order valence-corrected chi connectivity index (χ1v) is 12.8. The van der Waals surface area contributed by atoms with Gasteiger partial charge in [0.25, 0.3) is 5.91 Å². The number of rotatable bonds is 5. The molecule has 4 heterocycles. The standard InChI is InChI=1S/C26H27F3N8O/c1-35-33-25(32-34-35)15-4-7-17(8-5-15)31-26(38)19-14-30-37-12-10-22(23(29)24(19)37)36-11-2-3-21(36)18-13-16(27)6-9-20(18)28/h6,9-10,12-15,17,21H,2-5,7-8,11H2,1H3,(H,31,38). The van der Waals surface area contributed by atoms with E-state index in [1.807, 2.05) is 0 Å². The van der Waals surface area contributed by atoms with Gasteiger partial charge in [0, 0.05) is 30.3 Å². The Morgan fingerprint density at radius 2 is 1.89 bits per heavy atom. The van der Waals surface area contributed by atoms with Crippen LogP contribution < -0.4 is 10.2 Å². The van der Waals surface area contributed by atoms with E-state index in [0.29, 0.717) is 25.2 Å².